The molecule has 0 bridgehead atoms. The van der Waals surface area contributed by atoms with Gasteiger partial charge in [0.1, 0.15) is 0 Å². The Hall–Kier alpha value is -3.42. The van der Waals surface area contributed by atoms with Crippen molar-refractivity contribution in [2.45, 2.75) is 0 Å². The molecule has 170 valence electrons. The van der Waals surface area contributed by atoms with Crippen molar-refractivity contribution in [3.63, 3.8) is 0 Å². The van der Waals surface area contributed by atoms with Crippen molar-refractivity contribution in [1.82, 2.24) is 9.97 Å². The maximum absolute atomic E-state index is 14.0. The third-order valence-electron chi connectivity index (χ3n) is 4.41. The average molecular weight is 588 g/mol. The zero-order valence-corrected chi connectivity index (χ0v) is 20.8. The molecule has 34 heavy (non-hydrogen) atoms. The molecule has 0 saturated heterocycles. The van der Waals surface area contributed by atoms with Gasteiger partial charge in [-0.05, 0) is 0 Å². The Morgan fingerprint density at radius 3 is 1.47 bits per heavy atom. The Balaban J connectivity index is 1.55. The molecule has 0 radical (unpaired) electrons. The summed E-state index contributed by atoms with van der Waals surface area (Å²) >= 11 is -0.834. The molecule has 6 nitrogen and oxygen atoms in total. The second-order valence-corrected chi connectivity index (χ2v) is 13.0. The first-order chi connectivity index (χ1) is 16.5. The molecule has 0 unspecified atom stereocenters. The van der Waals surface area contributed by atoms with E-state index in [0.717, 1.165) is 0 Å². The number of hydrogen-bond acceptors (Lipinski definition) is 4. The fourth-order valence-corrected chi connectivity index (χ4v) is 9.90. The zero-order chi connectivity index (χ0) is 23.9. The Bertz CT molecular complexity index is 1220. The number of benzene rings is 2. The predicted molar refractivity (Wildman–Crippen MR) is 128 cm³/mol. The zero-order valence-electron chi connectivity index (χ0n) is 17.4. The van der Waals surface area contributed by atoms with E-state index < -0.39 is 49.7 Å². The number of amides is 2. The van der Waals surface area contributed by atoms with Crippen molar-refractivity contribution in [3.05, 3.63) is 108 Å². The molecule has 2 N–H and O–H groups in total. The van der Waals surface area contributed by atoms with E-state index in [0.29, 0.717) is 31.7 Å². The van der Waals surface area contributed by atoms with Crippen LogP contribution in [-0.2, 0) is 0 Å². The van der Waals surface area contributed by atoms with Gasteiger partial charge in [0.15, 0.2) is 0 Å². The fraction of sp³-hybridized carbons (Fsp3) is 0. The summed E-state index contributed by atoms with van der Waals surface area (Å²) in [5.41, 5.74) is 0.620. The minimum atomic E-state index is -0.477. The number of hydrogen-bond donors (Lipinski definition) is 2. The van der Waals surface area contributed by atoms with Crippen LogP contribution in [0.2, 0.25) is 0 Å². The molecule has 0 aliphatic rings. The van der Waals surface area contributed by atoms with Crippen LogP contribution in [0.1, 0.15) is 20.7 Å². The summed E-state index contributed by atoms with van der Waals surface area (Å²) in [5, 5.41) is 5.39. The summed E-state index contributed by atoms with van der Waals surface area (Å²) in [5.74, 6) is -1.04. The Labute approximate surface area is 205 Å². The summed E-state index contributed by atoms with van der Waals surface area (Å²) < 4.78 is 29.1. The van der Waals surface area contributed by atoms with Crippen LogP contribution in [0.5, 0.6) is 0 Å². The van der Waals surface area contributed by atoms with E-state index in [4.69, 9.17) is 0 Å². The number of anilines is 2. The van der Waals surface area contributed by atoms with Crippen LogP contribution in [-0.4, -0.2) is 48.0 Å². The number of nitrogens with one attached hydrogen (secondary N) is 2. The number of carbonyl (C=O) groups is 2. The molecule has 10 heteroatoms. The standard InChI is InChI=1S/C24H16F2N4O2Se2/c25-15-7-9-17(23(31)29-21-5-1-3-11-27-21)19(13-15)33-34-20-14-16(26)8-10-18(20)24(32)30-22-6-2-4-12-28-22/h1-14H,(H,27,29,31)(H,28,30,32). The third kappa shape index (κ3) is 6.12. The SMILES string of the molecule is O=C(Nc1ccccn1)c1ccc(F)cc1[Se][Se]c1cc(F)ccc1C(=O)Nc1ccccn1. The van der Waals surface area contributed by atoms with Crippen LogP contribution < -0.4 is 19.6 Å². The Kier molecular flexibility index (Phi) is 7.77. The molecule has 2 aromatic heterocycles. The Morgan fingerprint density at radius 2 is 1.09 bits per heavy atom. The fourth-order valence-electron chi connectivity index (χ4n) is 2.84. The van der Waals surface area contributed by atoms with E-state index in [1.165, 1.54) is 36.4 Å². The third-order valence-corrected chi connectivity index (χ3v) is 11.6. The molecule has 0 spiro atoms. The molecule has 4 rings (SSSR count). The van der Waals surface area contributed by atoms with Crippen LogP contribution >= 0.6 is 0 Å². The quantitative estimate of drug-likeness (QED) is 0.326. The van der Waals surface area contributed by atoms with Crippen molar-refractivity contribution >= 4 is 58.6 Å². The first-order valence-electron chi connectivity index (χ1n) is 9.88. The van der Waals surface area contributed by atoms with Gasteiger partial charge in [-0.3, -0.25) is 0 Å². The van der Waals surface area contributed by atoms with Crippen molar-refractivity contribution in [3.8, 4) is 0 Å². The molecule has 2 heterocycles. The van der Waals surface area contributed by atoms with Gasteiger partial charge >= 0.3 is 206 Å². The van der Waals surface area contributed by atoms with Gasteiger partial charge in [-0.1, -0.05) is 0 Å². The van der Waals surface area contributed by atoms with Gasteiger partial charge in [0, 0.05) is 0 Å². The van der Waals surface area contributed by atoms with Gasteiger partial charge < -0.3 is 0 Å². The van der Waals surface area contributed by atoms with Crippen molar-refractivity contribution in [2.24, 2.45) is 0 Å². The van der Waals surface area contributed by atoms with Crippen LogP contribution in [0.25, 0.3) is 0 Å². The van der Waals surface area contributed by atoms with Crippen molar-refractivity contribution in [2.75, 3.05) is 10.6 Å². The summed E-state index contributed by atoms with van der Waals surface area (Å²) in [6.07, 6.45) is 3.10. The molecule has 0 aliphatic carbocycles. The maximum atomic E-state index is 14.0. The van der Waals surface area contributed by atoms with E-state index in [1.807, 2.05) is 0 Å². The average Bonchev–Trinajstić information content (AvgIpc) is 2.84. The summed E-state index contributed by atoms with van der Waals surface area (Å²) in [6.45, 7) is 0. The normalized spacial score (nSPS) is 10.5. The van der Waals surface area contributed by atoms with E-state index >= 15 is 0 Å². The minimum absolute atomic E-state index is 0.310. The van der Waals surface area contributed by atoms with E-state index in [9.17, 15) is 18.4 Å². The van der Waals surface area contributed by atoms with Gasteiger partial charge in [-0.2, -0.15) is 0 Å². The number of pyridine rings is 2. The molecule has 2 amide bonds. The summed E-state index contributed by atoms with van der Waals surface area (Å²) in [7, 11) is 0. The molecule has 0 fully saturated rings. The molecular formula is C24H16F2N4O2Se2. The Morgan fingerprint density at radius 1 is 0.647 bits per heavy atom. The molecule has 0 aliphatic heterocycles. The number of aromatic nitrogens is 2. The summed E-state index contributed by atoms with van der Waals surface area (Å²) in [6, 6.07) is 18.1. The van der Waals surface area contributed by atoms with Crippen molar-refractivity contribution in [1.29, 1.82) is 0 Å². The van der Waals surface area contributed by atoms with Crippen LogP contribution in [0.4, 0.5) is 20.4 Å². The predicted octanol–water partition coefficient (Wildman–Crippen LogP) is 2.53. The topological polar surface area (TPSA) is 84.0 Å². The van der Waals surface area contributed by atoms with E-state index in [1.54, 1.807) is 48.8 Å². The molecular weight excluding hydrogens is 572 g/mol. The van der Waals surface area contributed by atoms with Gasteiger partial charge in [0.05, 0.1) is 0 Å². The second-order valence-electron chi connectivity index (χ2n) is 6.79. The number of rotatable bonds is 7. The first kappa shape index (κ1) is 23.7. The number of nitrogens with zero attached hydrogens (tertiary/aromatic N) is 2. The van der Waals surface area contributed by atoms with Crippen LogP contribution in [0, 0.1) is 11.6 Å². The molecule has 0 atom stereocenters. The van der Waals surface area contributed by atoms with Crippen LogP contribution in [0.15, 0.2) is 85.2 Å². The van der Waals surface area contributed by atoms with Gasteiger partial charge in [0.25, 0.3) is 0 Å². The van der Waals surface area contributed by atoms with Crippen LogP contribution in [0.3, 0.4) is 0 Å². The van der Waals surface area contributed by atoms with Gasteiger partial charge in [-0.25, -0.2) is 0 Å². The number of carbonyl (C=O) groups excluding carboxylic acids is 2. The molecule has 0 saturated carbocycles. The van der Waals surface area contributed by atoms with E-state index in [-0.39, 0.29) is 0 Å². The molecule has 2 aromatic carbocycles. The number of halogens is 2. The summed E-state index contributed by atoms with van der Waals surface area (Å²) in [4.78, 5) is 33.7. The second kappa shape index (κ2) is 11.1. The monoisotopic (exact) mass is 590 g/mol. The van der Waals surface area contributed by atoms with Crippen molar-refractivity contribution < 1.29 is 18.4 Å². The van der Waals surface area contributed by atoms with E-state index in [2.05, 4.69) is 20.6 Å². The molecule has 4 aromatic rings. The van der Waals surface area contributed by atoms with Gasteiger partial charge in [-0.15, -0.1) is 0 Å². The first-order valence-corrected chi connectivity index (χ1v) is 15.9. The van der Waals surface area contributed by atoms with Gasteiger partial charge in [0.2, 0.25) is 0 Å².